The standard InChI is InChI=1S/C24H31N3/c1-4-19-12-14-20(15-13-19)23-18-24(21-10-7-8-11-22(21)26-23)25-16-9-17-27(5-2)6-3/h7-8,10-15,18H,4-6,9,16-17H2,1-3H3,(H,25,26). The quantitative estimate of drug-likeness (QED) is 0.502. The van der Waals surface area contributed by atoms with Crippen LogP contribution in [-0.4, -0.2) is 36.1 Å². The predicted molar refractivity (Wildman–Crippen MR) is 117 cm³/mol. The predicted octanol–water partition coefficient (Wildman–Crippen LogP) is 5.61. The van der Waals surface area contributed by atoms with Crippen LogP contribution in [-0.2, 0) is 6.42 Å². The van der Waals surface area contributed by atoms with Gasteiger partial charge in [-0.2, -0.15) is 0 Å². The third-order valence-corrected chi connectivity index (χ3v) is 5.24. The number of para-hydroxylation sites is 1. The first kappa shape index (κ1) is 19.4. The Balaban J connectivity index is 1.82. The lowest BCUT2D eigenvalue weighted by Crippen LogP contribution is -2.25. The number of anilines is 1. The van der Waals surface area contributed by atoms with Gasteiger partial charge in [0.05, 0.1) is 11.2 Å². The summed E-state index contributed by atoms with van der Waals surface area (Å²) in [4.78, 5) is 7.36. The van der Waals surface area contributed by atoms with E-state index in [1.807, 2.05) is 0 Å². The zero-order valence-corrected chi connectivity index (χ0v) is 16.8. The van der Waals surface area contributed by atoms with Crippen molar-refractivity contribution in [2.45, 2.75) is 33.6 Å². The van der Waals surface area contributed by atoms with Crippen LogP contribution in [0.15, 0.2) is 54.6 Å². The minimum atomic E-state index is 0.971. The largest absolute Gasteiger partial charge is 0.384 e. The number of pyridine rings is 1. The summed E-state index contributed by atoms with van der Waals surface area (Å²) in [6, 6.07) is 19.3. The van der Waals surface area contributed by atoms with Gasteiger partial charge in [0, 0.05) is 23.2 Å². The highest BCUT2D eigenvalue weighted by Crippen LogP contribution is 2.28. The fraction of sp³-hybridized carbons (Fsp3) is 0.375. The smallest absolute Gasteiger partial charge is 0.0730 e. The second-order valence-corrected chi connectivity index (χ2v) is 6.93. The summed E-state index contributed by atoms with van der Waals surface area (Å²) in [7, 11) is 0. The van der Waals surface area contributed by atoms with Crippen molar-refractivity contribution in [3.8, 4) is 11.3 Å². The Labute approximate surface area is 163 Å². The average molecular weight is 362 g/mol. The Hall–Kier alpha value is -2.39. The molecule has 0 aliphatic rings. The normalized spacial score (nSPS) is 11.3. The molecule has 27 heavy (non-hydrogen) atoms. The zero-order chi connectivity index (χ0) is 19.1. The summed E-state index contributed by atoms with van der Waals surface area (Å²) < 4.78 is 0. The summed E-state index contributed by atoms with van der Waals surface area (Å²) >= 11 is 0. The molecule has 0 atom stereocenters. The Kier molecular flexibility index (Phi) is 6.83. The number of benzene rings is 2. The summed E-state index contributed by atoms with van der Waals surface area (Å²) in [5, 5.41) is 4.85. The first-order valence-corrected chi connectivity index (χ1v) is 10.2. The SMILES string of the molecule is CCc1ccc(-c2cc(NCCCN(CC)CC)c3ccccc3n2)cc1. The molecule has 0 saturated carbocycles. The van der Waals surface area contributed by atoms with Crippen LogP contribution in [0.4, 0.5) is 5.69 Å². The number of nitrogens with zero attached hydrogens (tertiary/aromatic N) is 2. The molecule has 0 spiro atoms. The highest BCUT2D eigenvalue weighted by molar-refractivity contribution is 5.93. The summed E-state index contributed by atoms with van der Waals surface area (Å²) in [6.07, 6.45) is 2.20. The fourth-order valence-electron chi connectivity index (χ4n) is 3.45. The van der Waals surface area contributed by atoms with Crippen LogP contribution in [0.25, 0.3) is 22.2 Å². The molecule has 142 valence electrons. The number of aryl methyl sites for hydroxylation is 1. The molecule has 0 unspecified atom stereocenters. The van der Waals surface area contributed by atoms with Crippen LogP contribution in [0.5, 0.6) is 0 Å². The number of rotatable bonds is 9. The molecule has 1 N–H and O–H groups in total. The molecule has 1 aromatic heterocycles. The highest BCUT2D eigenvalue weighted by Gasteiger charge is 2.08. The molecule has 0 bridgehead atoms. The van der Waals surface area contributed by atoms with Gasteiger partial charge in [-0.25, -0.2) is 4.98 Å². The van der Waals surface area contributed by atoms with E-state index < -0.39 is 0 Å². The summed E-state index contributed by atoms with van der Waals surface area (Å²) in [5.74, 6) is 0. The van der Waals surface area contributed by atoms with Crippen molar-refractivity contribution in [3.63, 3.8) is 0 Å². The van der Waals surface area contributed by atoms with Crippen molar-refractivity contribution in [2.24, 2.45) is 0 Å². The van der Waals surface area contributed by atoms with Crippen molar-refractivity contribution in [2.75, 3.05) is 31.5 Å². The molecule has 3 aromatic rings. The van der Waals surface area contributed by atoms with Gasteiger partial charge in [-0.1, -0.05) is 63.2 Å². The van der Waals surface area contributed by atoms with Gasteiger partial charge in [0.2, 0.25) is 0 Å². The van der Waals surface area contributed by atoms with E-state index in [1.54, 1.807) is 0 Å². The highest BCUT2D eigenvalue weighted by atomic mass is 15.1. The molecule has 2 aromatic carbocycles. The number of aromatic nitrogens is 1. The lowest BCUT2D eigenvalue weighted by atomic mass is 10.0. The third kappa shape index (κ3) is 4.86. The van der Waals surface area contributed by atoms with Crippen molar-refractivity contribution >= 4 is 16.6 Å². The topological polar surface area (TPSA) is 28.2 Å². The van der Waals surface area contributed by atoms with E-state index in [0.29, 0.717) is 0 Å². The van der Waals surface area contributed by atoms with Crippen molar-refractivity contribution < 1.29 is 0 Å². The van der Waals surface area contributed by atoms with Crippen molar-refractivity contribution in [1.29, 1.82) is 0 Å². The average Bonchev–Trinajstić information content (AvgIpc) is 2.73. The lowest BCUT2D eigenvalue weighted by Gasteiger charge is -2.18. The van der Waals surface area contributed by atoms with Gasteiger partial charge in [0.1, 0.15) is 0 Å². The van der Waals surface area contributed by atoms with Gasteiger partial charge in [0.25, 0.3) is 0 Å². The van der Waals surface area contributed by atoms with Crippen LogP contribution in [0.1, 0.15) is 32.8 Å². The van der Waals surface area contributed by atoms with Crippen LogP contribution in [0, 0.1) is 0 Å². The Morgan fingerprint density at radius 1 is 0.926 bits per heavy atom. The summed E-state index contributed by atoms with van der Waals surface area (Å²) in [5.41, 5.74) is 5.77. The lowest BCUT2D eigenvalue weighted by molar-refractivity contribution is 0.303. The number of nitrogens with one attached hydrogen (secondary N) is 1. The van der Waals surface area contributed by atoms with Gasteiger partial charge >= 0.3 is 0 Å². The Bertz CT molecular complexity index is 851. The van der Waals surface area contributed by atoms with Crippen molar-refractivity contribution in [3.05, 3.63) is 60.2 Å². The number of hydrogen-bond donors (Lipinski definition) is 1. The first-order chi connectivity index (χ1) is 13.2. The molecule has 3 nitrogen and oxygen atoms in total. The minimum absolute atomic E-state index is 0.971. The maximum atomic E-state index is 4.90. The molecule has 0 amide bonds. The van der Waals surface area contributed by atoms with Crippen LogP contribution in [0.2, 0.25) is 0 Å². The fourth-order valence-corrected chi connectivity index (χ4v) is 3.45. The van der Waals surface area contributed by atoms with Gasteiger partial charge < -0.3 is 10.2 Å². The molecular weight excluding hydrogens is 330 g/mol. The summed E-state index contributed by atoms with van der Waals surface area (Å²) in [6.45, 7) is 11.0. The minimum Gasteiger partial charge on any atom is -0.384 e. The molecule has 3 heteroatoms. The van der Waals surface area contributed by atoms with E-state index in [9.17, 15) is 0 Å². The molecule has 1 heterocycles. The monoisotopic (exact) mass is 361 g/mol. The molecule has 0 radical (unpaired) electrons. The van der Waals surface area contributed by atoms with E-state index in [2.05, 4.69) is 85.6 Å². The molecule has 0 aliphatic carbocycles. The molecule has 0 saturated heterocycles. The third-order valence-electron chi connectivity index (χ3n) is 5.24. The molecule has 0 aliphatic heterocycles. The number of hydrogen-bond acceptors (Lipinski definition) is 3. The van der Waals surface area contributed by atoms with Crippen molar-refractivity contribution in [1.82, 2.24) is 9.88 Å². The Morgan fingerprint density at radius 2 is 1.67 bits per heavy atom. The molecule has 3 rings (SSSR count). The van der Waals surface area contributed by atoms with E-state index in [4.69, 9.17) is 4.98 Å². The van der Waals surface area contributed by atoms with E-state index in [1.165, 1.54) is 22.2 Å². The maximum Gasteiger partial charge on any atom is 0.0730 e. The number of fused-ring (bicyclic) bond motifs is 1. The van der Waals surface area contributed by atoms with Crippen LogP contribution < -0.4 is 5.32 Å². The van der Waals surface area contributed by atoms with Crippen LogP contribution >= 0.6 is 0 Å². The van der Waals surface area contributed by atoms with Crippen LogP contribution in [0.3, 0.4) is 0 Å². The maximum absolute atomic E-state index is 4.90. The van der Waals surface area contributed by atoms with E-state index in [0.717, 1.165) is 50.2 Å². The first-order valence-electron chi connectivity index (χ1n) is 10.2. The van der Waals surface area contributed by atoms with Gasteiger partial charge in [0.15, 0.2) is 0 Å². The van der Waals surface area contributed by atoms with Gasteiger partial charge in [-0.05, 0) is 50.2 Å². The molecular formula is C24H31N3. The second-order valence-electron chi connectivity index (χ2n) is 6.93. The zero-order valence-electron chi connectivity index (χ0n) is 16.8. The van der Waals surface area contributed by atoms with E-state index >= 15 is 0 Å². The van der Waals surface area contributed by atoms with E-state index in [-0.39, 0.29) is 0 Å². The second kappa shape index (κ2) is 9.52. The van der Waals surface area contributed by atoms with Gasteiger partial charge in [-0.3, -0.25) is 0 Å². The molecule has 0 fully saturated rings. The van der Waals surface area contributed by atoms with Gasteiger partial charge in [-0.15, -0.1) is 0 Å². The Morgan fingerprint density at radius 3 is 2.37 bits per heavy atom.